The number of nitrogens with one attached hydrogen (secondary N) is 2. The smallest absolute Gasteiger partial charge is 0.319 e. The Morgan fingerprint density at radius 3 is 2.69 bits per heavy atom. The Bertz CT molecular complexity index is 1000. The highest BCUT2D eigenvalue weighted by Crippen LogP contribution is 2.35. The SMILES string of the molecule is Nc1c(NC(=O)NCC2CCCO2)c(-c2ccccc2)nn1-c1ccccc1Cl. The first-order chi connectivity index (χ1) is 14.1. The number of halogens is 1. The summed E-state index contributed by atoms with van der Waals surface area (Å²) >= 11 is 6.34. The van der Waals surface area contributed by atoms with Crippen molar-refractivity contribution in [2.75, 3.05) is 24.2 Å². The molecule has 1 fully saturated rings. The molecular weight excluding hydrogens is 390 g/mol. The second-order valence-electron chi connectivity index (χ2n) is 6.81. The van der Waals surface area contributed by atoms with Crippen LogP contribution in [0.3, 0.4) is 0 Å². The van der Waals surface area contributed by atoms with Crippen LogP contribution in [0.15, 0.2) is 54.6 Å². The number of hydrogen-bond acceptors (Lipinski definition) is 4. The van der Waals surface area contributed by atoms with E-state index < -0.39 is 0 Å². The van der Waals surface area contributed by atoms with Crippen LogP contribution in [0.25, 0.3) is 16.9 Å². The largest absolute Gasteiger partial charge is 0.382 e. The lowest BCUT2D eigenvalue weighted by Crippen LogP contribution is -2.35. The number of hydrogen-bond donors (Lipinski definition) is 3. The standard InChI is InChI=1S/C21H22ClN5O2/c22-16-10-4-5-11-17(16)27-20(23)19(18(26-27)14-7-2-1-3-8-14)25-21(28)24-13-15-9-6-12-29-15/h1-5,7-8,10-11,15H,6,9,12-13,23H2,(H2,24,25,28). The number of nitrogen functional groups attached to an aromatic ring is 1. The van der Waals surface area contributed by atoms with E-state index in [0.29, 0.717) is 34.5 Å². The van der Waals surface area contributed by atoms with Gasteiger partial charge in [-0.05, 0) is 25.0 Å². The van der Waals surface area contributed by atoms with Gasteiger partial charge < -0.3 is 21.1 Å². The Hall–Kier alpha value is -3.03. The molecular formula is C21H22ClN5O2. The van der Waals surface area contributed by atoms with Crippen LogP contribution < -0.4 is 16.4 Å². The average Bonchev–Trinajstić information content (AvgIpc) is 3.37. The number of urea groups is 1. The second-order valence-corrected chi connectivity index (χ2v) is 7.22. The van der Waals surface area contributed by atoms with Gasteiger partial charge in [-0.1, -0.05) is 54.1 Å². The van der Waals surface area contributed by atoms with Gasteiger partial charge in [0.2, 0.25) is 0 Å². The van der Waals surface area contributed by atoms with Gasteiger partial charge >= 0.3 is 6.03 Å². The van der Waals surface area contributed by atoms with E-state index in [0.717, 1.165) is 25.0 Å². The summed E-state index contributed by atoms with van der Waals surface area (Å²) in [4.78, 5) is 12.5. The number of nitrogens with two attached hydrogens (primary N) is 1. The van der Waals surface area contributed by atoms with Crippen LogP contribution in [0.5, 0.6) is 0 Å². The van der Waals surface area contributed by atoms with Gasteiger partial charge in [0.15, 0.2) is 5.82 Å². The lowest BCUT2D eigenvalue weighted by molar-refractivity contribution is 0.112. The fraction of sp³-hybridized carbons (Fsp3) is 0.238. The van der Waals surface area contributed by atoms with Crippen molar-refractivity contribution in [3.05, 3.63) is 59.6 Å². The first-order valence-electron chi connectivity index (χ1n) is 9.49. The van der Waals surface area contributed by atoms with E-state index in [-0.39, 0.29) is 12.1 Å². The van der Waals surface area contributed by atoms with E-state index in [1.165, 1.54) is 0 Å². The van der Waals surface area contributed by atoms with Gasteiger partial charge in [-0.2, -0.15) is 5.10 Å². The van der Waals surface area contributed by atoms with Crippen LogP contribution in [0.2, 0.25) is 5.02 Å². The molecule has 1 aromatic heterocycles. The summed E-state index contributed by atoms with van der Waals surface area (Å²) in [6.07, 6.45) is 2.02. The number of carbonyl (C=O) groups excluding carboxylic acids is 1. The topological polar surface area (TPSA) is 94.2 Å². The summed E-state index contributed by atoms with van der Waals surface area (Å²) in [5, 5.41) is 10.9. The van der Waals surface area contributed by atoms with Gasteiger partial charge in [-0.3, -0.25) is 0 Å². The van der Waals surface area contributed by atoms with Crippen LogP contribution in [0.4, 0.5) is 16.3 Å². The van der Waals surface area contributed by atoms with Crippen LogP contribution in [-0.4, -0.2) is 35.1 Å². The van der Waals surface area contributed by atoms with E-state index in [1.807, 2.05) is 48.5 Å². The van der Waals surface area contributed by atoms with E-state index in [9.17, 15) is 4.79 Å². The zero-order valence-corrected chi connectivity index (χ0v) is 16.5. The van der Waals surface area contributed by atoms with Crippen LogP contribution >= 0.6 is 11.6 Å². The maximum absolute atomic E-state index is 12.5. The Morgan fingerprint density at radius 2 is 1.97 bits per heavy atom. The van der Waals surface area contributed by atoms with E-state index in [4.69, 9.17) is 22.1 Å². The third-order valence-corrected chi connectivity index (χ3v) is 5.12. The predicted molar refractivity (Wildman–Crippen MR) is 114 cm³/mol. The molecule has 1 saturated heterocycles. The zero-order chi connectivity index (χ0) is 20.2. The number of rotatable bonds is 5. The minimum absolute atomic E-state index is 0.0533. The molecule has 3 aromatic rings. The fourth-order valence-electron chi connectivity index (χ4n) is 3.33. The minimum Gasteiger partial charge on any atom is -0.382 e. The summed E-state index contributed by atoms with van der Waals surface area (Å²) in [6.45, 7) is 1.19. The maximum atomic E-state index is 12.5. The Morgan fingerprint density at radius 1 is 1.21 bits per heavy atom. The second kappa shape index (κ2) is 8.55. The van der Waals surface area contributed by atoms with Crippen molar-refractivity contribution in [3.63, 3.8) is 0 Å². The van der Waals surface area contributed by atoms with Crippen molar-refractivity contribution >= 4 is 29.1 Å². The molecule has 1 aliphatic heterocycles. The monoisotopic (exact) mass is 411 g/mol. The summed E-state index contributed by atoms with van der Waals surface area (Å²) in [6, 6.07) is 16.5. The van der Waals surface area contributed by atoms with E-state index in [1.54, 1.807) is 10.7 Å². The molecule has 8 heteroatoms. The summed E-state index contributed by atoms with van der Waals surface area (Å²) in [5.74, 6) is 0.296. The van der Waals surface area contributed by atoms with Crippen LogP contribution in [0.1, 0.15) is 12.8 Å². The molecule has 1 aliphatic rings. The van der Waals surface area contributed by atoms with Crippen LogP contribution in [0, 0.1) is 0 Å². The maximum Gasteiger partial charge on any atom is 0.319 e. The number of carbonyl (C=O) groups is 1. The zero-order valence-electron chi connectivity index (χ0n) is 15.8. The molecule has 0 bridgehead atoms. The minimum atomic E-state index is -0.358. The molecule has 2 heterocycles. The molecule has 29 heavy (non-hydrogen) atoms. The van der Waals surface area contributed by atoms with Gasteiger partial charge in [-0.15, -0.1) is 0 Å². The van der Waals surface area contributed by atoms with Gasteiger partial charge in [0.1, 0.15) is 11.4 Å². The molecule has 2 amide bonds. The van der Waals surface area contributed by atoms with Crippen molar-refractivity contribution in [2.45, 2.75) is 18.9 Å². The molecule has 0 aliphatic carbocycles. The van der Waals surface area contributed by atoms with Gasteiger partial charge in [0.05, 0.1) is 16.8 Å². The Balaban J connectivity index is 1.65. The molecule has 0 spiro atoms. The van der Waals surface area contributed by atoms with Crippen molar-refractivity contribution < 1.29 is 9.53 Å². The first kappa shape index (κ1) is 19.3. The van der Waals surface area contributed by atoms with Crippen molar-refractivity contribution in [1.29, 1.82) is 0 Å². The highest BCUT2D eigenvalue weighted by atomic mass is 35.5. The number of anilines is 2. The quantitative estimate of drug-likeness (QED) is 0.589. The molecule has 0 radical (unpaired) electrons. The molecule has 7 nitrogen and oxygen atoms in total. The molecule has 4 N–H and O–H groups in total. The third kappa shape index (κ3) is 4.21. The summed E-state index contributed by atoms with van der Waals surface area (Å²) in [5.41, 5.74) is 8.85. The normalized spacial score (nSPS) is 16.0. The summed E-state index contributed by atoms with van der Waals surface area (Å²) < 4.78 is 7.09. The van der Waals surface area contributed by atoms with Gasteiger partial charge in [0, 0.05) is 18.7 Å². The molecule has 2 aromatic carbocycles. The lowest BCUT2D eigenvalue weighted by atomic mass is 10.1. The average molecular weight is 412 g/mol. The van der Waals surface area contributed by atoms with Crippen molar-refractivity contribution in [1.82, 2.24) is 15.1 Å². The Kier molecular flexibility index (Phi) is 5.69. The van der Waals surface area contributed by atoms with Gasteiger partial charge in [-0.25, -0.2) is 9.48 Å². The van der Waals surface area contributed by atoms with Crippen LogP contribution in [-0.2, 0) is 4.74 Å². The number of amides is 2. The summed E-state index contributed by atoms with van der Waals surface area (Å²) in [7, 11) is 0. The number of benzene rings is 2. The first-order valence-corrected chi connectivity index (χ1v) is 9.86. The molecule has 0 saturated carbocycles. The van der Waals surface area contributed by atoms with Gasteiger partial charge in [0.25, 0.3) is 0 Å². The highest BCUT2D eigenvalue weighted by molar-refractivity contribution is 6.32. The molecule has 1 unspecified atom stereocenters. The highest BCUT2D eigenvalue weighted by Gasteiger charge is 2.22. The number of ether oxygens (including phenoxy) is 1. The number of nitrogens with zero attached hydrogens (tertiary/aromatic N) is 2. The number of para-hydroxylation sites is 1. The van der Waals surface area contributed by atoms with Crippen molar-refractivity contribution in [2.24, 2.45) is 0 Å². The number of aromatic nitrogens is 2. The third-order valence-electron chi connectivity index (χ3n) is 4.80. The Labute approximate surface area is 173 Å². The fourth-order valence-corrected chi connectivity index (χ4v) is 3.54. The van der Waals surface area contributed by atoms with Crippen molar-refractivity contribution in [3.8, 4) is 16.9 Å². The lowest BCUT2D eigenvalue weighted by Gasteiger charge is -2.12. The van der Waals surface area contributed by atoms with E-state index >= 15 is 0 Å². The molecule has 150 valence electrons. The molecule has 4 rings (SSSR count). The van der Waals surface area contributed by atoms with E-state index in [2.05, 4.69) is 15.7 Å². The predicted octanol–water partition coefficient (Wildman–Crippen LogP) is 4.08. The molecule has 1 atom stereocenters.